The molecule has 3 rings (SSSR count). The van der Waals surface area contributed by atoms with Crippen molar-refractivity contribution >= 4 is 34.9 Å². The van der Waals surface area contributed by atoms with E-state index in [9.17, 15) is 22.4 Å². The van der Waals surface area contributed by atoms with Crippen LogP contribution in [0.2, 0.25) is 0 Å². The largest absolute Gasteiger partial charge is 0.491 e. The zero-order chi connectivity index (χ0) is 30.4. The number of ether oxygens (including phenoxy) is 2. The van der Waals surface area contributed by atoms with Gasteiger partial charge in [0.1, 0.15) is 18.2 Å². The van der Waals surface area contributed by atoms with Gasteiger partial charge in [0, 0.05) is 49.5 Å². The third kappa shape index (κ3) is 11.5. The Morgan fingerprint density at radius 3 is 2.20 bits per heavy atom. The highest BCUT2D eigenvalue weighted by atomic mass is 19.4. The van der Waals surface area contributed by atoms with E-state index in [-0.39, 0.29) is 11.5 Å². The third-order valence-electron chi connectivity index (χ3n) is 6.68. The second-order valence-corrected chi connectivity index (χ2v) is 9.94. The Bertz CT molecular complexity index is 1140. The first-order valence-electron chi connectivity index (χ1n) is 13.8. The molecule has 1 aliphatic rings. The van der Waals surface area contributed by atoms with E-state index >= 15 is 0 Å². The Balaban J connectivity index is 0.000000377. The SMILES string of the molecule is C=C(Nc1ccc(NC(C)=O)cc1)c1c(F)cc(OCCOC)cc1N=CC.CCCC1CCC(C(F)(F)F)CC1. The van der Waals surface area contributed by atoms with Crippen molar-refractivity contribution in [3.8, 4) is 5.75 Å². The van der Waals surface area contributed by atoms with Gasteiger partial charge in [-0.3, -0.25) is 9.79 Å². The molecule has 0 aliphatic heterocycles. The number of amides is 1. The fourth-order valence-corrected chi connectivity index (χ4v) is 4.70. The van der Waals surface area contributed by atoms with E-state index in [1.165, 1.54) is 13.0 Å². The molecule has 0 unspecified atom stereocenters. The molecule has 0 bridgehead atoms. The normalized spacial score (nSPS) is 17.0. The Labute approximate surface area is 240 Å². The van der Waals surface area contributed by atoms with Crippen LogP contribution >= 0.6 is 0 Å². The van der Waals surface area contributed by atoms with Crippen molar-refractivity contribution in [1.29, 1.82) is 0 Å². The highest BCUT2D eigenvalue weighted by Crippen LogP contribution is 2.40. The number of carbonyl (C=O) groups excluding carboxylic acids is 1. The van der Waals surface area contributed by atoms with Crippen molar-refractivity contribution < 1.29 is 31.8 Å². The summed E-state index contributed by atoms with van der Waals surface area (Å²) in [6.45, 7) is 9.94. The minimum Gasteiger partial charge on any atom is -0.491 e. The number of alkyl halides is 3. The number of anilines is 2. The Morgan fingerprint density at radius 1 is 1.07 bits per heavy atom. The van der Waals surface area contributed by atoms with Gasteiger partial charge in [-0.2, -0.15) is 13.2 Å². The van der Waals surface area contributed by atoms with Gasteiger partial charge in [-0.1, -0.05) is 26.3 Å². The average Bonchev–Trinajstić information content (AvgIpc) is 2.90. The lowest BCUT2D eigenvalue weighted by molar-refractivity contribution is -0.184. The summed E-state index contributed by atoms with van der Waals surface area (Å²) in [7, 11) is 1.57. The lowest BCUT2D eigenvalue weighted by Crippen LogP contribution is -2.27. The average molecular weight is 580 g/mol. The summed E-state index contributed by atoms with van der Waals surface area (Å²) >= 11 is 0. The number of nitrogens with zero attached hydrogens (tertiary/aromatic N) is 1. The molecule has 226 valence electrons. The maximum absolute atomic E-state index is 14.8. The first kappa shape index (κ1) is 33.8. The maximum atomic E-state index is 14.8. The number of aliphatic imine (C=N–C) groups is 1. The number of nitrogens with one attached hydrogen (secondary N) is 2. The van der Waals surface area contributed by atoms with Crippen molar-refractivity contribution in [3.05, 3.63) is 54.4 Å². The van der Waals surface area contributed by atoms with Crippen molar-refractivity contribution in [2.75, 3.05) is 31.0 Å². The lowest BCUT2D eigenvalue weighted by Gasteiger charge is -2.29. The molecule has 6 nitrogen and oxygen atoms in total. The molecular formula is C31H41F4N3O3. The number of hydrogen-bond acceptors (Lipinski definition) is 5. The number of benzene rings is 2. The molecule has 2 aromatic carbocycles. The van der Waals surface area contributed by atoms with Gasteiger partial charge in [-0.05, 0) is 62.8 Å². The minimum absolute atomic E-state index is 0.151. The van der Waals surface area contributed by atoms with Crippen LogP contribution < -0.4 is 15.4 Å². The van der Waals surface area contributed by atoms with Crippen LogP contribution in [0.3, 0.4) is 0 Å². The zero-order valence-electron chi connectivity index (χ0n) is 24.2. The summed E-state index contributed by atoms with van der Waals surface area (Å²) in [5, 5.41) is 5.76. The van der Waals surface area contributed by atoms with Crippen molar-refractivity contribution in [3.63, 3.8) is 0 Å². The second-order valence-electron chi connectivity index (χ2n) is 9.94. The van der Waals surface area contributed by atoms with Crippen LogP contribution in [0.4, 0.5) is 34.6 Å². The smallest absolute Gasteiger partial charge is 0.391 e. The molecule has 1 fully saturated rings. The molecule has 0 spiro atoms. The van der Waals surface area contributed by atoms with Crippen LogP contribution in [-0.4, -0.2) is 38.6 Å². The highest BCUT2D eigenvalue weighted by molar-refractivity contribution is 5.89. The fourth-order valence-electron chi connectivity index (χ4n) is 4.70. The zero-order valence-corrected chi connectivity index (χ0v) is 24.2. The molecule has 2 aromatic rings. The van der Waals surface area contributed by atoms with Gasteiger partial charge in [0.05, 0.1) is 23.8 Å². The van der Waals surface area contributed by atoms with E-state index in [0.717, 1.165) is 25.7 Å². The standard InChI is InChI=1S/C21H24FN3O3.C10H17F3/c1-5-23-20-13-18(28-11-10-27-4)12-19(22)21(20)14(2)24-16-6-8-17(9-7-16)25-15(3)26;1-2-3-8-4-6-9(7-5-8)10(11,12)13/h5-9,12-13,24H,2,10-11H2,1,3-4H3,(H,25,26);8-9H,2-7H2,1H3. The molecule has 0 radical (unpaired) electrons. The van der Waals surface area contributed by atoms with Crippen LogP contribution in [0, 0.1) is 17.7 Å². The summed E-state index contributed by atoms with van der Waals surface area (Å²) in [6.07, 6.45) is 2.09. The monoisotopic (exact) mass is 579 g/mol. The number of carbonyl (C=O) groups is 1. The van der Waals surface area contributed by atoms with Gasteiger partial charge in [0.2, 0.25) is 5.91 Å². The van der Waals surface area contributed by atoms with E-state index < -0.39 is 17.9 Å². The van der Waals surface area contributed by atoms with Gasteiger partial charge in [-0.25, -0.2) is 4.39 Å². The minimum atomic E-state index is -3.95. The van der Waals surface area contributed by atoms with E-state index in [4.69, 9.17) is 9.47 Å². The molecule has 0 atom stereocenters. The Morgan fingerprint density at radius 2 is 1.68 bits per heavy atom. The van der Waals surface area contributed by atoms with E-state index in [1.807, 2.05) is 0 Å². The van der Waals surface area contributed by atoms with Crippen LogP contribution in [-0.2, 0) is 9.53 Å². The predicted molar refractivity (Wildman–Crippen MR) is 157 cm³/mol. The Hall–Kier alpha value is -3.40. The molecule has 1 saturated carbocycles. The van der Waals surface area contributed by atoms with E-state index in [0.29, 0.717) is 60.5 Å². The van der Waals surface area contributed by atoms with Gasteiger partial charge < -0.3 is 20.1 Å². The summed E-state index contributed by atoms with van der Waals surface area (Å²) in [4.78, 5) is 15.3. The summed E-state index contributed by atoms with van der Waals surface area (Å²) in [5.74, 6) is -0.736. The van der Waals surface area contributed by atoms with Crippen LogP contribution in [0.25, 0.3) is 5.70 Å². The molecule has 1 amide bonds. The summed E-state index contributed by atoms with van der Waals surface area (Å²) in [6, 6.07) is 9.96. The quantitative estimate of drug-likeness (QED) is 0.159. The number of methoxy groups -OCH3 is 1. The second kappa shape index (κ2) is 16.8. The number of halogens is 4. The number of hydrogen-bond donors (Lipinski definition) is 2. The topological polar surface area (TPSA) is 72.0 Å². The highest BCUT2D eigenvalue weighted by Gasteiger charge is 2.41. The van der Waals surface area contributed by atoms with Crippen molar-refractivity contribution in [2.45, 2.75) is 65.5 Å². The molecule has 41 heavy (non-hydrogen) atoms. The predicted octanol–water partition coefficient (Wildman–Crippen LogP) is 8.77. The summed E-state index contributed by atoms with van der Waals surface area (Å²) < 4.78 is 62.0. The maximum Gasteiger partial charge on any atom is 0.391 e. The first-order chi connectivity index (χ1) is 19.5. The van der Waals surface area contributed by atoms with E-state index in [1.54, 1.807) is 50.6 Å². The molecule has 10 heteroatoms. The molecular weight excluding hydrogens is 538 g/mol. The lowest BCUT2D eigenvalue weighted by atomic mass is 9.80. The fraction of sp³-hybridized carbons (Fsp3) is 0.484. The molecule has 0 heterocycles. The molecule has 0 aromatic heterocycles. The molecule has 2 N–H and O–H groups in total. The molecule has 1 aliphatic carbocycles. The third-order valence-corrected chi connectivity index (χ3v) is 6.68. The van der Waals surface area contributed by atoms with Crippen LogP contribution in [0.15, 0.2) is 48.0 Å². The van der Waals surface area contributed by atoms with E-state index in [2.05, 4.69) is 29.1 Å². The first-order valence-corrected chi connectivity index (χ1v) is 13.8. The number of rotatable bonds is 11. The Kier molecular flexibility index (Phi) is 13.8. The van der Waals surface area contributed by atoms with Crippen molar-refractivity contribution in [1.82, 2.24) is 0 Å². The van der Waals surface area contributed by atoms with Gasteiger partial charge >= 0.3 is 6.18 Å². The van der Waals surface area contributed by atoms with Gasteiger partial charge in [0.15, 0.2) is 0 Å². The van der Waals surface area contributed by atoms with Crippen molar-refractivity contribution in [2.24, 2.45) is 16.8 Å². The molecule has 0 saturated heterocycles. The van der Waals surface area contributed by atoms with Crippen LogP contribution in [0.5, 0.6) is 5.75 Å². The summed E-state index contributed by atoms with van der Waals surface area (Å²) in [5.41, 5.74) is 2.38. The van der Waals surface area contributed by atoms with Gasteiger partial charge in [-0.15, -0.1) is 0 Å². The van der Waals surface area contributed by atoms with Gasteiger partial charge in [0.25, 0.3) is 0 Å². The van der Waals surface area contributed by atoms with Crippen LogP contribution in [0.1, 0.15) is 64.9 Å².